The Bertz CT molecular complexity index is 437. The highest BCUT2D eigenvalue weighted by Gasteiger charge is 2.23. The molecule has 0 spiro atoms. The van der Waals surface area contributed by atoms with E-state index >= 15 is 0 Å². The number of H-pyrrole nitrogens is 1. The van der Waals surface area contributed by atoms with Crippen molar-refractivity contribution in [1.29, 1.82) is 0 Å². The maximum Gasteiger partial charge on any atom is 0.416 e. The van der Waals surface area contributed by atoms with Gasteiger partial charge in [0.2, 0.25) is 5.88 Å². The van der Waals surface area contributed by atoms with Crippen LogP contribution in [0.3, 0.4) is 0 Å². The summed E-state index contributed by atoms with van der Waals surface area (Å²) in [4.78, 5) is 25.9. The number of aromatic nitrogens is 2. The lowest BCUT2D eigenvalue weighted by atomic mass is 10.2. The number of aryl methyl sites for hydroxylation is 1. The number of rotatable bonds is 2. The highest BCUT2D eigenvalue weighted by atomic mass is 16.6. The van der Waals surface area contributed by atoms with E-state index in [1.807, 2.05) is 0 Å². The number of nitrogens with one attached hydrogen (secondary N) is 1. The zero-order valence-corrected chi connectivity index (χ0v) is 10.6. The molecule has 0 fully saturated rings. The maximum absolute atomic E-state index is 11.9. The molecule has 1 rings (SSSR count). The molecule has 1 N–H and O–H groups in total. The third-order valence-electron chi connectivity index (χ3n) is 2.09. The molecule has 1 aromatic rings. The summed E-state index contributed by atoms with van der Waals surface area (Å²) in [5.41, 5.74) is 0.760. The molecule has 0 atom stereocenters. The largest absolute Gasteiger partial charge is 0.416 e. The average Bonchev–Trinajstić information content (AvgIpc) is 2.58. The Labute approximate surface area is 99.3 Å². The third-order valence-corrected chi connectivity index (χ3v) is 2.09. The summed E-state index contributed by atoms with van der Waals surface area (Å²) in [5, 5.41) is 6.39. The number of hydrogen-bond donors (Lipinski definition) is 1. The van der Waals surface area contributed by atoms with Crippen LogP contribution in [0.5, 0.6) is 5.88 Å². The van der Waals surface area contributed by atoms with E-state index in [0.717, 1.165) is 0 Å². The predicted molar refractivity (Wildman–Crippen MR) is 61.1 cm³/mol. The summed E-state index contributed by atoms with van der Waals surface area (Å²) in [6.45, 7) is 1.67. The lowest BCUT2D eigenvalue weighted by molar-refractivity contribution is 0.0823. The molecule has 1 aromatic heterocycles. The molecule has 0 saturated carbocycles. The van der Waals surface area contributed by atoms with Gasteiger partial charge in [0.15, 0.2) is 0 Å². The van der Waals surface area contributed by atoms with Crippen molar-refractivity contribution >= 4 is 12.0 Å². The second kappa shape index (κ2) is 4.86. The SMILES string of the molecule is Cc1n[nH]c(OC(=O)N(C)C)c1C(=O)N(C)C. The van der Waals surface area contributed by atoms with Crippen LogP contribution in [0.2, 0.25) is 0 Å². The summed E-state index contributed by atoms with van der Waals surface area (Å²) < 4.78 is 5.02. The van der Waals surface area contributed by atoms with Crippen LogP contribution in [-0.4, -0.2) is 60.2 Å². The van der Waals surface area contributed by atoms with Gasteiger partial charge in [-0.05, 0) is 6.92 Å². The second-order valence-electron chi connectivity index (χ2n) is 3.98. The first-order valence-corrected chi connectivity index (χ1v) is 5.00. The Kier molecular flexibility index (Phi) is 3.72. The quantitative estimate of drug-likeness (QED) is 0.815. The average molecular weight is 240 g/mol. The monoisotopic (exact) mass is 240 g/mol. The molecule has 1 heterocycles. The van der Waals surface area contributed by atoms with Gasteiger partial charge in [-0.3, -0.25) is 4.79 Å². The molecule has 17 heavy (non-hydrogen) atoms. The summed E-state index contributed by atoms with van der Waals surface area (Å²) >= 11 is 0. The van der Waals surface area contributed by atoms with E-state index in [9.17, 15) is 9.59 Å². The van der Waals surface area contributed by atoms with Crippen molar-refractivity contribution in [2.75, 3.05) is 28.2 Å². The smallest absolute Gasteiger partial charge is 0.391 e. The molecule has 0 aromatic carbocycles. The molecule has 0 aliphatic heterocycles. The Balaban J connectivity index is 3.02. The topological polar surface area (TPSA) is 78.5 Å². The van der Waals surface area contributed by atoms with E-state index in [1.54, 1.807) is 35.1 Å². The Morgan fingerprint density at radius 2 is 1.76 bits per heavy atom. The van der Waals surface area contributed by atoms with Crippen LogP contribution in [0.15, 0.2) is 0 Å². The third kappa shape index (κ3) is 2.74. The second-order valence-corrected chi connectivity index (χ2v) is 3.98. The first-order valence-electron chi connectivity index (χ1n) is 5.00. The van der Waals surface area contributed by atoms with Crippen LogP contribution in [0.4, 0.5) is 4.79 Å². The van der Waals surface area contributed by atoms with Crippen molar-refractivity contribution in [3.8, 4) is 5.88 Å². The lowest BCUT2D eigenvalue weighted by Crippen LogP contribution is -2.27. The van der Waals surface area contributed by atoms with Gasteiger partial charge < -0.3 is 14.5 Å². The van der Waals surface area contributed by atoms with E-state index in [-0.39, 0.29) is 17.4 Å². The summed E-state index contributed by atoms with van der Waals surface area (Å²) in [5.74, 6) is -0.197. The van der Waals surface area contributed by atoms with Crippen LogP contribution in [0.1, 0.15) is 16.1 Å². The molecule has 0 bridgehead atoms. The molecule has 0 unspecified atom stereocenters. The van der Waals surface area contributed by atoms with Gasteiger partial charge >= 0.3 is 6.09 Å². The highest BCUT2D eigenvalue weighted by molar-refractivity contribution is 5.97. The first kappa shape index (κ1) is 13.0. The number of amides is 2. The summed E-state index contributed by atoms with van der Waals surface area (Å²) in [7, 11) is 6.34. The number of carbonyl (C=O) groups is 2. The fourth-order valence-corrected chi connectivity index (χ4v) is 1.14. The molecule has 0 saturated heterocycles. The van der Waals surface area contributed by atoms with Crippen molar-refractivity contribution in [2.24, 2.45) is 0 Å². The summed E-state index contributed by atoms with van der Waals surface area (Å²) in [6, 6.07) is 0. The Hall–Kier alpha value is -2.05. The summed E-state index contributed by atoms with van der Waals surface area (Å²) in [6.07, 6.45) is -0.568. The van der Waals surface area contributed by atoms with Crippen molar-refractivity contribution in [3.05, 3.63) is 11.3 Å². The fourth-order valence-electron chi connectivity index (χ4n) is 1.14. The zero-order chi connectivity index (χ0) is 13.2. The normalized spacial score (nSPS) is 9.94. The van der Waals surface area contributed by atoms with E-state index < -0.39 is 6.09 Å². The fraction of sp³-hybridized carbons (Fsp3) is 0.500. The predicted octanol–water partition coefficient (Wildman–Crippen LogP) is 0.480. The van der Waals surface area contributed by atoms with Crippen LogP contribution in [0, 0.1) is 6.92 Å². The number of carbonyl (C=O) groups excluding carboxylic acids is 2. The molecule has 2 amide bonds. The van der Waals surface area contributed by atoms with Crippen LogP contribution in [0.25, 0.3) is 0 Å². The molecular weight excluding hydrogens is 224 g/mol. The van der Waals surface area contributed by atoms with Gasteiger partial charge in [0.25, 0.3) is 5.91 Å². The van der Waals surface area contributed by atoms with Gasteiger partial charge in [-0.1, -0.05) is 0 Å². The van der Waals surface area contributed by atoms with Crippen LogP contribution < -0.4 is 4.74 Å². The maximum atomic E-state index is 11.9. The van der Waals surface area contributed by atoms with Gasteiger partial charge in [0.05, 0.1) is 5.69 Å². The first-order chi connectivity index (χ1) is 7.84. The van der Waals surface area contributed by atoms with Crippen LogP contribution >= 0.6 is 0 Å². The van der Waals surface area contributed by atoms with E-state index in [1.165, 1.54) is 9.80 Å². The molecule has 94 valence electrons. The standard InChI is InChI=1S/C10H16N4O3/c1-6-7(9(15)13(2)3)8(12-11-6)17-10(16)14(4)5/h1-5H3,(H,11,12). The molecule has 7 nitrogen and oxygen atoms in total. The number of nitrogens with zero attached hydrogens (tertiary/aromatic N) is 3. The number of aromatic amines is 1. The van der Waals surface area contributed by atoms with Crippen molar-refractivity contribution in [3.63, 3.8) is 0 Å². The van der Waals surface area contributed by atoms with Crippen LogP contribution in [-0.2, 0) is 0 Å². The van der Waals surface area contributed by atoms with Gasteiger partial charge in [-0.15, -0.1) is 0 Å². The van der Waals surface area contributed by atoms with E-state index in [0.29, 0.717) is 5.69 Å². The molecule has 0 aliphatic carbocycles. The minimum absolute atomic E-state index is 0.0694. The minimum Gasteiger partial charge on any atom is -0.391 e. The van der Waals surface area contributed by atoms with Crippen molar-refractivity contribution in [1.82, 2.24) is 20.0 Å². The van der Waals surface area contributed by atoms with Gasteiger partial charge in [-0.2, -0.15) is 5.10 Å². The number of ether oxygens (including phenoxy) is 1. The molecule has 0 aliphatic rings. The highest BCUT2D eigenvalue weighted by Crippen LogP contribution is 2.20. The van der Waals surface area contributed by atoms with Gasteiger partial charge in [0.1, 0.15) is 5.56 Å². The van der Waals surface area contributed by atoms with Crippen molar-refractivity contribution in [2.45, 2.75) is 6.92 Å². The lowest BCUT2D eigenvalue weighted by Gasteiger charge is -2.13. The Morgan fingerprint density at radius 3 is 2.24 bits per heavy atom. The molecule has 7 heteroatoms. The molecular formula is C10H16N4O3. The minimum atomic E-state index is -0.568. The molecule has 0 radical (unpaired) electrons. The van der Waals surface area contributed by atoms with Gasteiger partial charge in [0, 0.05) is 28.2 Å². The zero-order valence-electron chi connectivity index (χ0n) is 10.6. The van der Waals surface area contributed by atoms with Gasteiger partial charge in [-0.25, -0.2) is 9.89 Å². The Morgan fingerprint density at radius 1 is 1.18 bits per heavy atom. The number of hydrogen-bond acceptors (Lipinski definition) is 4. The van der Waals surface area contributed by atoms with E-state index in [4.69, 9.17) is 4.74 Å². The van der Waals surface area contributed by atoms with Crippen molar-refractivity contribution < 1.29 is 14.3 Å². The van der Waals surface area contributed by atoms with E-state index in [2.05, 4.69) is 10.2 Å².